The number of aliphatic hydroxyl groups is 3. The van der Waals surface area contributed by atoms with Gasteiger partial charge in [-0.3, -0.25) is 9.59 Å². The maximum absolute atomic E-state index is 12.6. The van der Waals surface area contributed by atoms with Crippen molar-refractivity contribution in [2.75, 3.05) is 0 Å². The molecule has 258 valence electrons. The van der Waals surface area contributed by atoms with E-state index in [1.165, 1.54) is 6.92 Å². The monoisotopic (exact) mass is 646 g/mol. The molecular weight excluding hydrogens is 592 g/mol. The van der Waals surface area contributed by atoms with Crippen LogP contribution in [0.15, 0.2) is 58.7 Å². The first-order valence-electron chi connectivity index (χ1n) is 16.1. The Labute approximate surface area is 273 Å². The summed E-state index contributed by atoms with van der Waals surface area (Å²) in [4.78, 5) is 37.3. The Morgan fingerprint density at radius 2 is 1.70 bits per heavy atom. The van der Waals surface area contributed by atoms with Crippen molar-refractivity contribution in [1.29, 1.82) is 0 Å². The lowest BCUT2D eigenvalue weighted by molar-refractivity contribution is -0.333. The van der Waals surface area contributed by atoms with Gasteiger partial charge in [0.1, 0.15) is 17.8 Å². The first-order valence-corrected chi connectivity index (χ1v) is 16.1. The molecule has 2 rings (SSSR count). The number of ketones is 1. The normalized spacial score (nSPS) is 37.0. The third-order valence-corrected chi connectivity index (χ3v) is 8.33. The number of Topliss-reactive ketones (excluding diaryl/α,β-unsaturated/α-hetero) is 1. The van der Waals surface area contributed by atoms with Crippen LogP contribution >= 0.6 is 0 Å². The summed E-state index contributed by atoms with van der Waals surface area (Å²) in [7, 11) is 0. The Morgan fingerprint density at radius 1 is 1.04 bits per heavy atom. The summed E-state index contributed by atoms with van der Waals surface area (Å²) >= 11 is 0. The number of rotatable bonds is 6. The van der Waals surface area contributed by atoms with Crippen molar-refractivity contribution in [2.24, 2.45) is 11.8 Å². The lowest BCUT2D eigenvalue weighted by Crippen LogP contribution is -2.64. The van der Waals surface area contributed by atoms with Crippen molar-refractivity contribution in [3.63, 3.8) is 0 Å². The van der Waals surface area contributed by atoms with Crippen LogP contribution < -0.4 is 0 Å². The fraction of sp³-hybridized carbons (Fsp3) is 0.639. The smallest absolute Gasteiger partial charge is 0.334 e. The van der Waals surface area contributed by atoms with E-state index in [4.69, 9.17) is 18.9 Å². The van der Waals surface area contributed by atoms with Crippen molar-refractivity contribution < 1.29 is 48.7 Å². The molecule has 0 spiro atoms. The number of aliphatic hydroxyl groups excluding tert-OH is 3. The first-order chi connectivity index (χ1) is 21.4. The van der Waals surface area contributed by atoms with Gasteiger partial charge in [-0.05, 0) is 72.5 Å². The molecule has 10 heteroatoms. The summed E-state index contributed by atoms with van der Waals surface area (Å²) in [5, 5.41) is 33.2. The Morgan fingerprint density at radius 3 is 2.28 bits per heavy atom. The minimum absolute atomic E-state index is 0.176. The predicted octanol–water partition coefficient (Wildman–Crippen LogP) is 4.82. The number of allylic oxidation sites excluding steroid dienone is 4. The summed E-state index contributed by atoms with van der Waals surface area (Å²) in [5.74, 6) is -2.12. The Bertz CT molecular complexity index is 1240. The van der Waals surface area contributed by atoms with Crippen molar-refractivity contribution >= 4 is 17.7 Å². The molecule has 2 aliphatic rings. The van der Waals surface area contributed by atoms with Gasteiger partial charge in [0, 0.05) is 17.9 Å². The van der Waals surface area contributed by atoms with E-state index in [-0.39, 0.29) is 24.5 Å². The van der Waals surface area contributed by atoms with Crippen molar-refractivity contribution in [1.82, 2.24) is 0 Å². The molecule has 0 aromatic heterocycles. The van der Waals surface area contributed by atoms with Gasteiger partial charge >= 0.3 is 11.9 Å². The molecular formula is C36H54O10. The highest BCUT2D eigenvalue weighted by atomic mass is 16.7. The standard InChI is InChI=1S/C36H54O10/c1-11-26-19-23(6)27(38)15-13-12-14-22(5)34(42)43-28(25(8)37)17-16-21(4)18-24(7)31(26)44-35-30(40)29(39)32(36(9,10)46-35)45-33(41)20(2)3/h12-14,16,18-20,26-32,35,38-40H,11,15,17H2,1-10H3/b13-12+,21-16+,22-14+,23-19+,24-18+/t26-,27-,28-,29+,30-,31-,32-,35+/m0/s1. The van der Waals surface area contributed by atoms with Gasteiger partial charge in [-0.1, -0.05) is 62.8 Å². The molecule has 46 heavy (non-hydrogen) atoms. The second kappa shape index (κ2) is 17.3. The van der Waals surface area contributed by atoms with E-state index in [1.54, 1.807) is 58.9 Å². The van der Waals surface area contributed by atoms with E-state index in [0.29, 0.717) is 17.6 Å². The molecule has 0 aliphatic carbocycles. The summed E-state index contributed by atoms with van der Waals surface area (Å²) < 4.78 is 23.7. The van der Waals surface area contributed by atoms with Gasteiger partial charge in [0.15, 0.2) is 24.3 Å². The van der Waals surface area contributed by atoms with E-state index >= 15 is 0 Å². The first kappa shape index (κ1) is 39.3. The SMILES string of the molecule is CC[C@H]1/C=C(\C)[C@@H](O)C/C=C/C=C(\C)C(=O)O[C@H](C(C)=O)C/C=C(C)/C=C(\C)[C@@H]1O[C@@H]1OC(C)(C)[C@@H](OC(=O)C(C)C)[C@H](O)[C@@H]1O. The van der Waals surface area contributed by atoms with E-state index in [1.807, 2.05) is 39.8 Å². The Hall–Kier alpha value is -2.89. The molecule has 0 aromatic carbocycles. The second-order valence-corrected chi connectivity index (χ2v) is 13.2. The van der Waals surface area contributed by atoms with Crippen LogP contribution in [-0.4, -0.2) is 81.6 Å². The largest absolute Gasteiger partial charge is 0.456 e. The van der Waals surface area contributed by atoms with Crippen LogP contribution in [0.25, 0.3) is 0 Å². The van der Waals surface area contributed by atoms with Crippen LogP contribution in [0.4, 0.5) is 0 Å². The molecule has 3 N–H and O–H groups in total. The van der Waals surface area contributed by atoms with E-state index in [2.05, 4.69) is 0 Å². The van der Waals surface area contributed by atoms with Crippen LogP contribution in [0.3, 0.4) is 0 Å². The maximum Gasteiger partial charge on any atom is 0.334 e. The number of ether oxygens (including phenoxy) is 4. The molecule has 2 heterocycles. The van der Waals surface area contributed by atoms with Crippen LogP contribution in [0.2, 0.25) is 0 Å². The van der Waals surface area contributed by atoms with Crippen LogP contribution in [0, 0.1) is 11.8 Å². The number of carbonyl (C=O) groups is 3. The number of carbonyl (C=O) groups excluding carboxylic acids is 3. The van der Waals surface area contributed by atoms with Crippen molar-refractivity contribution in [2.45, 2.75) is 137 Å². The summed E-state index contributed by atoms with van der Waals surface area (Å²) in [6, 6.07) is 0. The molecule has 2 aliphatic heterocycles. The molecule has 0 amide bonds. The molecule has 0 saturated carbocycles. The quantitative estimate of drug-likeness (QED) is 0.271. The Balaban J connectivity index is 2.55. The minimum Gasteiger partial charge on any atom is -0.456 e. The van der Waals surface area contributed by atoms with Gasteiger partial charge < -0.3 is 34.3 Å². The maximum atomic E-state index is 12.6. The predicted molar refractivity (Wildman–Crippen MR) is 174 cm³/mol. The van der Waals surface area contributed by atoms with Crippen molar-refractivity contribution in [3.8, 4) is 0 Å². The van der Waals surface area contributed by atoms with Crippen molar-refractivity contribution in [3.05, 3.63) is 58.7 Å². The lowest BCUT2D eigenvalue weighted by atomic mass is 9.88. The van der Waals surface area contributed by atoms with Gasteiger partial charge in [0.2, 0.25) is 0 Å². The summed E-state index contributed by atoms with van der Waals surface area (Å²) in [6.45, 7) is 17.2. The topological polar surface area (TPSA) is 149 Å². The van der Waals surface area contributed by atoms with E-state index in [9.17, 15) is 29.7 Å². The number of hydrogen-bond donors (Lipinski definition) is 3. The highest BCUT2D eigenvalue weighted by Gasteiger charge is 2.52. The molecule has 8 atom stereocenters. The number of cyclic esters (lactones) is 1. The zero-order valence-electron chi connectivity index (χ0n) is 29.0. The third-order valence-electron chi connectivity index (χ3n) is 8.33. The summed E-state index contributed by atoms with van der Waals surface area (Å²) in [5.41, 5.74) is 1.39. The fourth-order valence-corrected chi connectivity index (χ4v) is 5.31. The second-order valence-electron chi connectivity index (χ2n) is 13.2. The third kappa shape index (κ3) is 10.8. The van der Waals surface area contributed by atoms with Gasteiger partial charge in [0.25, 0.3) is 0 Å². The average Bonchev–Trinajstić information content (AvgIpc) is 2.98. The molecule has 0 aromatic rings. The van der Waals surface area contributed by atoms with Crippen LogP contribution in [0.5, 0.6) is 0 Å². The van der Waals surface area contributed by atoms with Gasteiger partial charge in [-0.15, -0.1) is 0 Å². The molecule has 0 unspecified atom stereocenters. The van der Waals surface area contributed by atoms with Gasteiger partial charge in [-0.25, -0.2) is 4.79 Å². The van der Waals surface area contributed by atoms with Crippen LogP contribution in [-0.2, 0) is 33.3 Å². The zero-order chi connectivity index (χ0) is 34.9. The number of hydrogen-bond acceptors (Lipinski definition) is 10. The molecule has 0 radical (unpaired) electrons. The summed E-state index contributed by atoms with van der Waals surface area (Å²) in [6.07, 6.45) is 3.84. The minimum atomic E-state index is -1.53. The highest BCUT2D eigenvalue weighted by Crippen LogP contribution is 2.36. The fourth-order valence-electron chi connectivity index (χ4n) is 5.31. The molecule has 1 saturated heterocycles. The zero-order valence-corrected chi connectivity index (χ0v) is 29.0. The van der Waals surface area contributed by atoms with Crippen LogP contribution in [0.1, 0.15) is 88.5 Å². The van der Waals surface area contributed by atoms with Gasteiger partial charge in [0.05, 0.1) is 18.1 Å². The highest BCUT2D eigenvalue weighted by molar-refractivity contribution is 5.91. The molecule has 1 fully saturated rings. The molecule has 10 nitrogen and oxygen atoms in total. The number of esters is 2. The van der Waals surface area contributed by atoms with E-state index < -0.39 is 66.4 Å². The molecule has 0 bridgehead atoms. The lowest BCUT2D eigenvalue weighted by Gasteiger charge is -2.47. The Kier molecular flexibility index (Phi) is 14.8. The average molecular weight is 647 g/mol. The van der Waals surface area contributed by atoms with Gasteiger partial charge in [-0.2, -0.15) is 0 Å². The van der Waals surface area contributed by atoms with E-state index in [0.717, 1.165) is 11.1 Å².